The molecule has 5 rings (SSSR count). The van der Waals surface area contributed by atoms with Crippen LogP contribution in [0.1, 0.15) is 27.7 Å². The second-order valence-electron chi connectivity index (χ2n) is 6.08. The third-order valence-corrected chi connectivity index (χ3v) is 4.64. The summed E-state index contributed by atoms with van der Waals surface area (Å²) in [6.07, 6.45) is 0. The van der Waals surface area contributed by atoms with Crippen molar-refractivity contribution in [1.82, 2.24) is 0 Å². The Kier molecular flexibility index (Phi) is 9.09. The molecule has 1 aliphatic heterocycles. The van der Waals surface area contributed by atoms with E-state index in [1.807, 2.05) is 45.9 Å². The third-order valence-electron chi connectivity index (χ3n) is 4.64. The van der Waals surface area contributed by atoms with Crippen LogP contribution in [0.3, 0.4) is 0 Å². The molecule has 1 aliphatic rings. The van der Waals surface area contributed by atoms with Crippen LogP contribution in [0.2, 0.25) is 0 Å². The normalized spacial score (nSPS) is 10.3. The summed E-state index contributed by atoms with van der Waals surface area (Å²) in [6, 6.07) is 38.3. The Hall–Kier alpha value is -2.63. The first-order valence-corrected chi connectivity index (χ1v) is 10.4. The number of anilines is 3. The molecule has 1 nitrogen and oxygen atoms in total. The SMILES string of the molecule is CC.CC.[W+2].[c-]1ccccc1N1c2[c-]cccc2-c2ccccc2-c2ccccc21. The standard InChI is InChI=1S/C24H15N.2C2H6.W/c1-2-10-18(11-3-1)25-23-16-8-6-14-21(23)19-12-4-5-13-20(19)22-15-7-9-17-24(22)25;2*1-2;/h1-10,12-16H;2*1-2H3;/q-2;;;+2. The molecule has 2 heteroatoms. The third kappa shape index (κ3) is 4.42. The van der Waals surface area contributed by atoms with Crippen molar-refractivity contribution in [2.75, 3.05) is 4.90 Å². The van der Waals surface area contributed by atoms with Gasteiger partial charge >= 0.3 is 21.1 Å². The summed E-state index contributed by atoms with van der Waals surface area (Å²) in [7, 11) is 0. The average molecular weight is 561 g/mol. The minimum atomic E-state index is 0. The summed E-state index contributed by atoms with van der Waals surface area (Å²) in [4.78, 5) is 2.25. The number of rotatable bonds is 1. The zero-order chi connectivity index (χ0) is 20.6. The summed E-state index contributed by atoms with van der Waals surface area (Å²) in [5, 5.41) is 0. The van der Waals surface area contributed by atoms with Crippen molar-refractivity contribution in [3.63, 3.8) is 0 Å². The number of nitrogens with zero attached hydrogens (tertiary/aromatic N) is 1. The van der Waals surface area contributed by atoms with E-state index >= 15 is 0 Å². The Morgan fingerprint density at radius 3 is 1.73 bits per heavy atom. The zero-order valence-electron chi connectivity index (χ0n) is 18.0. The fourth-order valence-electron chi connectivity index (χ4n) is 3.57. The molecule has 4 aromatic carbocycles. The summed E-state index contributed by atoms with van der Waals surface area (Å²) in [6.45, 7) is 8.00. The number of para-hydroxylation sites is 3. The molecule has 0 radical (unpaired) electrons. The minimum Gasteiger partial charge on any atom is -0.357 e. The molecule has 0 aromatic heterocycles. The van der Waals surface area contributed by atoms with Crippen molar-refractivity contribution in [2.24, 2.45) is 0 Å². The molecule has 0 unspecified atom stereocenters. The molecule has 150 valence electrons. The first-order valence-electron chi connectivity index (χ1n) is 10.4. The van der Waals surface area contributed by atoms with E-state index < -0.39 is 0 Å². The molecule has 0 saturated heterocycles. The Bertz CT molecular complexity index is 990. The van der Waals surface area contributed by atoms with Crippen molar-refractivity contribution in [1.29, 1.82) is 0 Å². The van der Waals surface area contributed by atoms with Gasteiger partial charge in [-0.3, -0.25) is 0 Å². The summed E-state index contributed by atoms with van der Waals surface area (Å²) in [5.41, 5.74) is 8.12. The molecule has 0 fully saturated rings. The van der Waals surface area contributed by atoms with Crippen molar-refractivity contribution >= 4 is 17.1 Å². The number of hydrogen-bond donors (Lipinski definition) is 0. The molecule has 0 spiro atoms. The average Bonchev–Trinajstić information content (AvgIpc) is 2.95. The van der Waals surface area contributed by atoms with E-state index in [-0.39, 0.29) is 21.1 Å². The first-order chi connectivity index (χ1) is 14.4. The van der Waals surface area contributed by atoms with Crippen molar-refractivity contribution in [2.45, 2.75) is 27.7 Å². The van der Waals surface area contributed by atoms with Crippen LogP contribution >= 0.6 is 0 Å². The van der Waals surface area contributed by atoms with Gasteiger partial charge in [-0.05, 0) is 11.6 Å². The van der Waals surface area contributed by atoms with Gasteiger partial charge in [0.1, 0.15) is 0 Å². The maximum Gasteiger partial charge on any atom is 2.00 e. The quantitative estimate of drug-likeness (QED) is 0.186. The monoisotopic (exact) mass is 561 g/mol. The van der Waals surface area contributed by atoms with Crippen LogP contribution in [0.15, 0.2) is 91.0 Å². The van der Waals surface area contributed by atoms with Gasteiger partial charge in [0.15, 0.2) is 0 Å². The smallest absolute Gasteiger partial charge is 0.357 e. The fourth-order valence-corrected chi connectivity index (χ4v) is 3.57. The van der Waals surface area contributed by atoms with Gasteiger partial charge in [-0.25, -0.2) is 0 Å². The van der Waals surface area contributed by atoms with Crippen LogP contribution in [0, 0.1) is 12.1 Å². The summed E-state index contributed by atoms with van der Waals surface area (Å²) < 4.78 is 0. The van der Waals surface area contributed by atoms with Crippen LogP contribution in [0.5, 0.6) is 0 Å². The summed E-state index contributed by atoms with van der Waals surface area (Å²) >= 11 is 0. The van der Waals surface area contributed by atoms with Gasteiger partial charge in [0.25, 0.3) is 0 Å². The van der Waals surface area contributed by atoms with Crippen LogP contribution in [0.25, 0.3) is 22.3 Å². The molecule has 0 N–H and O–H groups in total. The predicted molar refractivity (Wildman–Crippen MR) is 126 cm³/mol. The van der Waals surface area contributed by atoms with Crippen LogP contribution in [-0.4, -0.2) is 0 Å². The van der Waals surface area contributed by atoms with Gasteiger partial charge in [-0.15, -0.1) is 11.6 Å². The molecule has 30 heavy (non-hydrogen) atoms. The molecular formula is C28H27NW. The molecule has 0 aliphatic carbocycles. The van der Waals surface area contributed by atoms with E-state index in [0.717, 1.165) is 17.1 Å². The maximum atomic E-state index is 3.47. The molecule has 0 amide bonds. The topological polar surface area (TPSA) is 3.24 Å². The van der Waals surface area contributed by atoms with E-state index in [9.17, 15) is 0 Å². The molecular weight excluding hydrogens is 534 g/mol. The van der Waals surface area contributed by atoms with E-state index in [4.69, 9.17) is 0 Å². The molecule has 1 heterocycles. The van der Waals surface area contributed by atoms with Gasteiger partial charge in [-0.2, -0.15) is 48.5 Å². The molecule has 0 atom stereocenters. The van der Waals surface area contributed by atoms with Gasteiger partial charge in [-0.1, -0.05) is 87.1 Å². The molecule has 4 aromatic rings. The molecule has 0 saturated carbocycles. The van der Waals surface area contributed by atoms with E-state index in [2.05, 4.69) is 89.8 Å². The second-order valence-corrected chi connectivity index (χ2v) is 6.08. The second kappa shape index (κ2) is 11.5. The minimum absolute atomic E-state index is 0. The van der Waals surface area contributed by atoms with Crippen LogP contribution in [-0.2, 0) is 21.1 Å². The Labute approximate surface area is 195 Å². The number of fused-ring (bicyclic) bond motifs is 5. The van der Waals surface area contributed by atoms with Gasteiger partial charge in [0.2, 0.25) is 0 Å². The Morgan fingerprint density at radius 1 is 0.533 bits per heavy atom. The Balaban J connectivity index is 0.000000607. The van der Waals surface area contributed by atoms with Crippen molar-refractivity contribution in [3.8, 4) is 22.3 Å². The van der Waals surface area contributed by atoms with Crippen molar-refractivity contribution in [3.05, 3.63) is 103 Å². The van der Waals surface area contributed by atoms with Gasteiger partial charge in [0.05, 0.1) is 0 Å². The molecule has 0 bridgehead atoms. The van der Waals surface area contributed by atoms with Crippen LogP contribution in [0.4, 0.5) is 17.1 Å². The Morgan fingerprint density at radius 2 is 1.07 bits per heavy atom. The van der Waals surface area contributed by atoms with Crippen molar-refractivity contribution < 1.29 is 21.1 Å². The van der Waals surface area contributed by atoms with Gasteiger partial charge in [0, 0.05) is 11.3 Å². The van der Waals surface area contributed by atoms with E-state index in [1.54, 1.807) is 0 Å². The van der Waals surface area contributed by atoms with E-state index in [1.165, 1.54) is 22.3 Å². The summed E-state index contributed by atoms with van der Waals surface area (Å²) in [5.74, 6) is 0. The largest absolute Gasteiger partial charge is 2.00 e. The fraction of sp³-hybridized carbons (Fsp3) is 0.143. The number of benzene rings is 4. The van der Waals surface area contributed by atoms with E-state index in [0.29, 0.717) is 0 Å². The van der Waals surface area contributed by atoms with Crippen LogP contribution < -0.4 is 4.90 Å². The first kappa shape index (κ1) is 23.6. The zero-order valence-corrected chi connectivity index (χ0v) is 20.9. The maximum absolute atomic E-state index is 3.47. The predicted octanol–water partition coefficient (Wildman–Crippen LogP) is 8.45. The number of hydrogen-bond acceptors (Lipinski definition) is 1. The van der Waals surface area contributed by atoms with Gasteiger partial charge < -0.3 is 4.90 Å².